The van der Waals surface area contributed by atoms with Crippen molar-refractivity contribution in [1.82, 2.24) is 0 Å². The Balaban J connectivity index is 2.97. The van der Waals surface area contributed by atoms with Crippen LogP contribution < -0.4 is 5.73 Å². The van der Waals surface area contributed by atoms with Crippen LogP contribution >= 0.6 is 15.9 Å². The summed E-state index contributed by atoms with van der Waals surface area (Å²) in [5.74, 6) is 0.481. The number of rotatable bonds is 2. The van der Waals surface area contributed by atoms with E-state index in [0.29, 0.717) is 5.92 Å². The average Bonchev–Trinajstić information content (AvgIpc) is 2.08. The van der Waals surface area contributed by atoms with Gasteiger partial charge in [0.15, 0.2) is 0 Å². The molecule has 2 heteroatoms. The van der Waals surface area contributed by atoms with Crippen molar-refractivity contribution in [2.24, 2.45) is 11.7 Å². The van der Waals surface area contributed by atoms with Gasteiger partial charge in [0, 0.05) is 10.5 Å². The highest BCUT2D eigenvalue weighted by Crippen LogP contribution is 2.24. The topological polar surface area (TPSA) is 26.0 Å². The Bertz CT molecular complexity index is 294. The summed E-state index contributed by atoms with van der Waals surface area (Å²) in [4.78, 5) is 0. The van der Waals surface area contributed by atoms with E-state index in [0.717, 1.165) is 4.47 Å². The zero-order chi connectivity index (χ0) is 10.0. The molecule has 13 heavy (non-hydrogen) atoms. The average molecular weight is 242 g/mol. The zero-order valence-electron chi connectivity index (χ0n) is 8.34. The van der Waals surface area contributed by atoms with Gasteiger partial charge >= 0.3 is 0 Å². The number of halogens is 1. The molecule has 0 amide bonds. The highest BCUT2D eigenvalue weighted by atomic mass is 79.9. The van der Waals surface area contributed by atoms with E-state index in [-0.39, 0.29) is 6.04 Å². The summed E-state index contributed by atoms with van der Waals surface area (Å²) < 4.78 is 1.14. The van der Waals surface area contributed by atoms with Crippen LogP contribution in [0.2, 0.25) is 0 Å². The molecular weight excluding hydrogens is 226 g/mol. The maximum Gasteiger partial charge on any atom is 0.0318 e. The minimum absolute atomic E-state index is 0.136. The van der Waals surface area contributed by atoms with Gasteiger partial charge < -0.3 is 5.73 Å². The van der Waals surface area contributed by atoms with Crippen LogP contribution in [0.3, 0.4) is 0 Å². The monoisotopic (exact) mass is 241 g/mol. The third-order valence-electron chi connectivity index (χ3n) is 2.30. The van der Waals surface area contributed by atoms with E-state index in [4.69, 9.17) is 5.73 Å². The van der Waals surface area contributed by atoms with Crippen LogP contribution in [0, 0.1) is 12.8 Å². The Labute approximate surface area is 88.5 Å². The van der Waals surface area contributed by atoms with Crippen molar-refractivity contribution in [2.75, 3.05) is 0 Å². The van der Waals surface area contributed by atoms with Crippen LogP contribution in [0.15, 0.2) is 22.7 Å². The third-order valence-corrected chi connectivity index (χ3v) is 3.15. The molecule has 0 bridgehead atoms. The zero-order valence-corrected chi connectivity index (χ0v) is 9.93. The second-order valence-corrected chi connectivity index (χ2v) is 4.63. The van der Waals surface area contributed by atoms with Gasteiger partial charge in [0.2, 0.25) is 0 Å². The van der Waals surface area contributed by atoms with Crippen molar-refractivity contribution >= 4 is 15.9 Å². The van der Waals surface area contributed by atoms with Gasteiger partial charge in [-0.1, -0.05) is 41.9 Å². The minimum Gasteiger partial charge on any atom is -0.324 e. The van der Waals surface area contributed by atoms with E-state index in [1.54, 1.807) is 0 Å². The lowest BCUT2D eigenvalue weighted by Crippen LogP contribution is -2.16. The van der Waals surface area contributed by atoms with Crippen molar-refractivity contribution in [3.63, 3.8) is 0 Å². The number of nitrogens with two attached hydrogens (primary N) is 1. The van der Waals surface area contributed by atoms with Gasteiger partial charge in [-0.15, -0.1) is 0 Å². The first kappa shape index (κ1) is 10.7. The molecule has 0 aliphatic heterocycles. The first-order valence-corrected chi connectivity index (χ1v) is 5.33. The van der Waals surface area contributed by atoms with E-state index >= 15 is 0 Å². The quantitative estimate of drug-likeness (QED) is 0.844. The molecule has 1 unspecified atom stereocenters. The van der Waals surface area contributed by atoms with Crippen molar-refractivity contribution in [1.29, 1.82) is 0 Å². The lowest BCUT2D eigenvalue weighted by Gasteiger charge is -2.16. The van der Waals surface area contributed by atoms with Crippen LogP contribution in [0.5, 0.6) is 0 Å². The molecule has 0 spiro atoms. The summed E-state index contributed by atoms with van der Waals surface area (Å²) in [6.07, 6.45) is 0. The first-order chi connectivity index (χ1) is 6.02. The van der Waals surface area contributed by atoms with E-state index in [2.05, 4.69) is 54.9 Å². The molecule has 72 valence electrons. The first-order valence-electron chi connectivity index (χ1n) is 4.54. The lowest BCUT2D eigenvalue weighted by molar-refractivity contribution is 0.514. The summed E-state index contributed by atoms with van der Waals surface area (Å²) in [7, 11) is 0. The molecule has 0 aliphatic carbocycles. The predicted molar refractivity (Wildman–Crippen MR) is 60.6 cm³/mol. The Kier molecular flexibility index (Phi) is 3.51. The van der Waals surface area contributed by atoms with E-state index in [1.165, 1.54) is 11.1 Å². The largest absolute Gasteiger partial charge is 0.324 e. The molecule has 0 saturated carbocycles. The molecule has 1 nitrogen and oxygen atoms in total. The van der Waals surface area contributed by atoms with Crippen molar-refractivity contribution in [2.45, 2.75) is 26.8 Å². The Morgan fingerprint density at radius 2 is 1.92 bits per heavy atom. The van der Waals surface area contributed by atoms with Crippen LogP contribution in [0.25, 0.3) is 0 Å². The number of benzene rings is 1. The maximum atomic E-state index is 6.04. The molecule has 0 saturated heterocycles. The second kappa shape index (κ2) is 4.25. The summed E-state index contributed by atoms with van der Waals surface area (Å²) in [5.41, 5.74) is 8.49. The molecular formula is C11H16BrN. The highest BCUT2D eigenvalue weighted by Gasteiger charge is 2.10. The fourth-order valence-electron chi connectivity index (χ4n) is 1.20. The molecule has 2 N–H and O–H groups in total. The summed E-state index contributed by atoms with van der Waals surface area (Å²) in [6.45, 7) is 6.35. The van der Waals surface area contributed by atoms with Crippen LogP contribution in [-0.2, 0) is 0 Å². The fraction of sp³-hybridized carbons (Fsp3) is 0.455. The molecule has 0 fully saturated rings. The van der Waals surface area contributed by atoms with Gasteiger partial charge in [-0.2, -0.15) is 0 Å². The molecule has 0 aromatic heterocycles. The highest BCUT2D eigenvalue weighted by molar-refractivity contribution is 9.10. The Morgan fingerprint density at radius 1 is 1.31 bits per heavy atom. The SMILES string of the molecule is Cc1ccc(C(N)C(C)C)cc1Br. The second-order valence-electron chi connectivity index (χ2n) is 3.78. The molecule has 0 radical (unpaired) electrons. The minimum atomic E-state index is 0.136. The summed E-state index contributed by atoms with van der Waals surface area (Å²) in [5, 5.41) is 0. The number of hydrogen-bond donors (Lipinski definition) is 1. The summed E-state index contributed by atoms with van der Waals surface area (Å²) >= 11 is 3.51. The summed E-state index contributed by atoms with van der Waals surface area (Å²) in [6, 6.07) is 6.45. The van der Waals surface area contributed by atoms with Gasteiger partial charge in [-0.05, 0) is 30.0 Å². The van der Waals surface area contributed by atoms with Gasteiger partial charge in [-0.3, -0.25) is 0 Å². The molecule has 1 aromatic rings. The Hall–Kier alpha value is -0.340. The lowest BCUT2D eigenvalue weighted by atomic mass is 9.96. The molecule has 1 aromatic carbocycles. The standard InChI is InChI=1S/C11H16BrN/c1-7(2)11(13)9-5-4-8(3)10(12)6-9/h4-7,11H,13H2,1-3H3. The Morgan fingerprint density at radius 3 is 2.38 bits per heavy atom. The molecule has 1 atom stereocenters. The fourth-order valence-corrected chi connectivity index (χ4v) is 1.60. The van der Waals surface area contributed by atoms with Gasteiger partial charge in [0.1, 0.15) is 0 Å². The number of aryl methyl sites for hydroxylation is 1. The van der Waals surface area contributed by atoms with Crippen molar-refractivity contribution < 1.29 is 0 Å². The van der Waals surface area contributed by atoms with Crippen molar-refractivity contribution in [3.05, 3.63) is 33.8 Å². The molecule has 0 heterocycles. The normalized spacial score (nSPS) is 13.4. The maximum absolute atomic E-state index is 6.04. The van der Waals surface area contributed by atoms with E-state index < -0.39 is 0 Å². The smallest absolute Gasteiger partial charge is 0.0318 e. The van der Waals surface area contributed by atoms with E-state index in [1.807, 2.05) is 0 Å². The van der Waals surface area contributed by atoms with Crippen LogP contribution in [-0.4, -0.2) is 0 Å². The van der Waals surface area contributed by atoms with Crippen molar-refractivity contribution in [3.8, 4) is 0 Å². The van der Waals surface area contributed by atoms with Gasteiger partial charge in [0.05, 0.1) is 0 Å². The van der Waals surface area contributed by atoms with Gasteiger partial charge in [-0.25, -0.2) is 0 Å². The van der Waals surface area contributed by atoms with Crippen LogP contribution in [0.1, 0.15) is 31.0 Å². The van der Waals surface area contributed by atoms with Gasteiger partial charge in [0.25, 0.3) is 0 Å². The molecule has 1 rings (SSSR count). The van der Waals surface area contributed by atoms with Crippen LogP contribution in [0.4, 0.5) is 0 Å². The van der Waals surface area contributed by atoms with E-state index in [9.17, 15) is 0 Å². The molecule has 0 aliphatic rings. The third kappa shape index (κ3) is 2.55. The number of hydrogen-bond acceptors (Lipinski definition) is 1. The predicted octanol–water partition coefficient (Wildman–Crippen LogP) is 3.41.